The van der Waals surface area contributed by atoms with Crippen molar-refractivity contribution in [2.75, 3.05) is 50.0 Å². The van der Waals surface area contributed by atoms with Crippen molar-refractivity contribution in [3.8, 4) is 0 Å². The van der Waals surface area contributed by atoms with E-state index in [4.69, 9.17) is 4.74 Å². The highest BCUT2D eigenvalue weighted by Gasteiger charge is 2.21. The maximum Gasteiger partial charge on any atom is 0.239 e. The van der Waals surface area contributed by atoms with Gasteiger partial charge in [0.25, 0.3) is 0 Å². The van der Waals surface area contributed by atoms with Crippen LogP contribution in [0.15, 0.2) is 35.5 Å². The van der Waals surface area contributed by atoms with Crippen LogP contribution < -0.4 is 15.5 Å². The first kappa shape index (κ1) is 21.1. The molecule has 1 saturated heterocycles. The molecule has 0 aliphatic carbocycles. The molecular weight excluding hydrogens is 392 g/mol. The number of hydrogen-bond donors (Lipinski definition) is 2. The number of nitrogens with one attached hydrogen (secondary N) is 2. The first-order valence-electron chi connectivity index (χ1n) is 9.63. The Kier molecular flexibility index (Phi) is 7.88. The molecule has 1 aliphatic rings. The predicted molar refractivity (Wildman–Crippen MR) is 111 cm³/mol. The first-order chi connectivity index (χ1) is 14.2. The summed E-state index contributed by atoms with van der Waals surface area (Å²) < 4.78 is 7.47. The lowest BCUT2D eigenvalue weighted by molar-refractivity contribution is -0.124. The van der Waals surface area contributed by atoms with Gasteiger partial charge in [0.1, 0.15) is 0 Å². The number of aromatic nitrogens is 3. The van der Waals surface area contributed by atoms with Gasteiger partial charge >= 0.3 is 0 Å². The van der Waals surface area contributed by atoms with E-state index in [9.17, 15) is 9.59 Å². The molecule has 3 rings (SSSR count). The second-order valence-corrected chi connectivity index (χ2v) is 7.42. The summed E-state index contributed by atoms with van der Waals surface area (Å²) in [5.41, 5.74) is 1.13. The molecule has 2 aromatic rings. The predicted octanol–water partition coefficient (Wildman–Crippen LogP) is 0.507. The van der Waals surface area contributed by atoms with E-state index in [2.05, 4.69) is 37.9 Å². The van der Waals surface area contributed by atoms with Crippen LogP contribution in [0.25, 0.3) is 0 Å². The van der Waals surface area contributed by atoms with Gasteiger partial charge in [0, 0.05) is 19.6 Å². The minimum atomic E-state index is -0.219. The van der Waals surface area contributed by atoms with Crippen LogP contribution in [0.5, 0.6) is 0 Å². The maximum atomic E-state index is 12.1. The molecular formula is C19H26N6O3S. The first-order valence-corrected chi connectivity index (χ1v) is 10.6. The topological polar surface area (TPSA) is 101 Å². The third-order valence-corrected chi connectivity index (χ3v) is 5.29. The SMILES string of the molecule is CCNC(=O)CNC(=O)CSc1nnc(N2CCOCC2)n1Cc1ccccc1. The standard InChI is InChI=1S/C19H26N6O3S/c1-2-20-16(26)12-21-17(27)14-29-19-23-22-18(24-8-10-28-11-9-24)25(19)13-15-6-4-3-5-7-15/h3-7H,2,8-14H2,1H3,(H,20,26)(H,21,27). The summed E-state index contributed by atoms with van der Waals surface area (Å²) in [4.78, 5) is 25.7. The maximum absolute atomic E-state index is 12.1. The molecule has 0 radical (unpaired) electrons. The van der Waals surface area contributed by atoms with E-state index in [1.54, 1.807) is 0 Å². The van der Waals surface area contributed by atoms with Gasteiger partial charge in [0.15, 0.2) is 5.16 Å². The second-order valence-electron chi connectivity index (χ2n) is 6.47. The molecule has 10 heteroatoms. The van der Waals surface area contributed by atoms with Gasteiger partial charge in [-0.1, -0.05) is 42.1 Å². The molecule has 1 aromatic carbocycles. The highest BCUT2D eigenvalue weighted by atomic mass is 32.2. The van der Waals surface area contributed by atoms with E-state index >= 15 is 0 Å². The molecule has 0 bridgehead atoms. The van der Waals surface area contributed by atoms with Crippen LogP contribution >= 0.6 is 11.8 Å². The fourth-order valence-corrected chi connectivity index (χ4v) is 3.67. The number of morpholine rings is 1. The third-order valence-electron chi connectivity index (χ3n) is 4.33. The molecule has 0 saturated carbocycles. The van der Waals surface area contributed by atoms with Gasteiger partial charge in [-0.3, -0.25) is 14.2 Å². The average molecular weight is 419 g/mol. The van der Waals surface area contributed by atoms with Crippen molar-refractivity contribution in [2.45, 2.75) is 18.6 Å². The number of rotatable bonds is 9. The van der Waals surface area contributed by atoms with Crippen LogP contribution in [-0.2, 0) is 20.9 Å². The van der Waals surface area contributed by atoms with Crippen molar-refractivity contribution in [1.82, 2.24) is 25.4 Å². The summed E-state index contributed by atoms with van der Waals surface area (Å²) in [5.74, 6) is 0.522. The Bertz CT molecular complexity index is 808. The fourth-order valence-electron chi connectivity index (χ4n) is 2.91. The number of thioether (sulfide) groups is 1. The summed E-state index contributed by atoms with van der Waals surface area (Å²) in [6, 6.07) is 10.1. The van der Waals surface area contributed by atoms with Crippen molar-refractivity contribution in [3.05, 3.63) is 35.9 Å². The largest absolute Gasteiger partial charge is 0.378 e. The summed E-state index contributed by atoms with van der Waals surface area (Å²) in [5, 5.41) is 14.6. The molecule has 2 N–H and O–H groups in total. The zero-order valence-electron chi connectivity index (χ0n) is 16.5. The molecule has 1 aliphatic heterocycles. The quantitative estimate of drug-likeness (QED) is 0.572. The van der Waals surface area contributed by atoms with E-state index in [0.29, 0.717) is 31.5 Å². The molecule has 0 atom stereocenters. The van der Waals surface area contributed by atoms with Gasteiger partial charge in [0.05, 0.1) is 32.1 Å². The van der Waals surface area contributed by atoms with Gasteiger partial charge in [-0.2, -0.15) is 0 Å². The molecule has 29 heavy (non-hydrogen) atoms. The Morgan fingerprint density at radius 2 is 1.86 bits per heavy atom. The normalized spacial score (nSPS) is 13.9. The monoisotopic (exact) mass is 418 g/mol. The number of hydrogen-bond acceptors (Lipinski definition) is 7. The van der Waals surface area contributed by atoms with Gasteiger partial charge in [-0.05, 0) is 12.5 Å². The van der Waals surface area contributed by atoms with Crippen molar-refractivity contribution in [2.24, 2.45) is 0 Å². The highest BCUT2D eigenvalue weighted by molar-refractivity contribution is 7.99. The van der Waals surface area contributed by atoms with Gasteiger partial charge in [-0.15, -0.1) is 10.2 Å². The Balaban J connectivity index is 1.67. The van der Waals surface area contributed by atoms with Crippen LogP contribution in [0.4, 0.5) is 5.95 Å². The number of amides is 2. The lowest BCUT2D eigenvalue weighted by atomic mass is 10.2. The van der Waals surface area contributed by atoms with Crippen LogP contribution in [0.2, 0.25) is 0 Å². The average Bonchev–Trinajstić information content (AvgIpc) is 3.14. The second kappa shape index (κ2) is 10.8. The van der Waals surface area contributed by atoms with E-state index in [1.807, 2.05) is 29.7 Å². The summed E-state index contributed by atoms with van der Waals surface area (Å²) >= 11 is 1.31. The number of nitrogens with zero attached hydrogens (tertiary/aromatic N) is 4. The molecule has 1 aromatic heterocycles. The Morgan fingerprint density at radius 1 is 1.10 bits per heavy atom. The zero-order valence-corrected chi connectivity index (χ0v) is 17.3. The van der Waals surface area contributed by atoms with Crippen molar-refractivity contribution in [1.29, 1.82) is 0 Å². The van der Waals surface area contributed by atoms with Crippen LogP contribution in [0.1, 0.15) is 12.5 Å². The molecule has 156 valence electrons. The van der Waals surface area contributed by atoms with E-state index in [1.165, 1.54) is 11.8 Å². The summed E-state index contributed by atoms with van der Waals surface area (Å²) in [6.07, 6.45) is 0. The Morgan fingerprint density at radius 3 is 2.59 bits per heavy atom. The fraction of sp³-hybridized carbons (Fsp3) is 0.474. The van der Waals surface area contributed by atoms with Gasteiger partial charge in [-0.25, -0.2) is 0 Å². The Labute approximate surface area is 174 Å². The number of likely N-dealkylation sites (N-methyl/N-ethyl adjacent to an activating group) is 1. The van der Waals surface area contributed by atoms with Gasteiger partial charge < -0.3 is 20.3 Å². The number of ether oxygens (including phenoxy) is 1. The van der Waals surface area contributed by atoms with Crippen LogP contribution in [-0.4, -0.2) is 71.7 Å². The number of anilines is 1. The van der Waals surface area contributed by atoms with E-state index < -0.39 is 0 Å². The minimum absolute atomic E-state index is 0.0248. The summed E-state index contributed by atoms with van der Waals surface area (Å²) in [7, 11) is 0. The third kappa shape index (κ3) is 6.20. The zero-order chi connectivity index (χ0) is 20.5. The smallest absolute Gasteiger partial charge is 0.239 e. The van der Waals surface area contributed by atoms with Crippen molar-refractivity contribution in [3.63, 3.8) is 0 Å². The molecule has 1 fully saturated rings. The van der Waals surface area contributed by atoms with Crippen molar-refractivity contribution >= 4 is 29.5 Å². The summed E-state index contributed by atoms with van der Waals surface area (Å²) in [6.45, 7) is 5.78. The number of benzene rings is 1. The molecule has 2 heterocycles. The lowest BCUT2D eigenvalue weighted by Crippen LogP contribution is -2.38. The van der Waals surface area contributed by atoms with Crippen LogP contribution in [0.3, 0.4) is 0 Å². The molecule has 9 nitrogen and oxygen atoms in total. The van der Waals surface area contributed by atoms with Gasteiger partial charge in [0.2, 0.25) is 17.8 Å². The van der Waals surface area contributed by atoms with Crippen LogP contribution in [0, 0.1) is 0 Å². The molecule has 0 unspecified atom stereocenters. The number of carbonyl (C=O) groups excluding carboxylic acids is 2. The molecule has 0 spiro atoms. The van der Waals surface area contributed by atoms with Crippen molar-refractivity contribution < 1.29 is 14.3 Å². The van der Waals surface area contributed by atoms with E-state index in [-0.39, 0.29) is 24.1 Å². The minimum Gasteiger partial charge on any atom is -0.378 e. The molecule has 2 amide bonds. The Hall–Kier alpha value is -2.59. The van der Waals surface area contributed by atoms with E-state index in [0.717, 1.165) is 24.6 Å². The number of carbonyl (C=O) groups is 2. The lowest BCUT2D eigenvalue weighted by Gasteiger charge is -2.28. The highest BCUT2D eigenvalue weighted by Crippen LogP contribution is 2.24.